The Kier molecular flexibility index (Phi) is 7.36. The Morgan fingerprint density at radius 2 is 1.38 bits per heavy atom. The van der Waals surface area contributed by atoms with Gasteiger partial charge in [0.15, 0.2) is 0 Å². The molecular weight excluding hydrogens is 368 g/mol. The number of urea groups is 1. The smallest absolute Gasteiger partial charge is 0.318 e. The van der Waals surface area contributed by atoms with Crippen LogP contribution in [0.3, 0.4) is 0 Å². The average molecular weight is 396 g/mol. The quantitative estimate of drug-likeness (QED) is 0.601. The molecule has 29 heavy (non-hydrogen) atoms. The highest BCUT2D eigenvalue weighted by molar-refractivity contribution is 5.95. The van der Waals surface area contributed by atoms with E-state index in [2.05, 4.69) is 42.0 Å². The van der Waals surface area contributed by atoms with Crippen molar-refractivity contribution in [1.82, 2.24) is 10.6 Å². The Balaban J connectivity index is 1.77. The summed E-state index contributed by atoms with van der Waals surface area (Å²) in [7, 11) is 1.53. The molecular formula is C22H28N4O3. The van der Waals surface area contributed by atoms with E-state index < -0.39 is 0 Å². The standard InChI is InChI=1S/C22H28N4O3/c1-22(2,3)16-7-5-15(6-8-16)20(28)24-14-13-19(27)25-17-9-11-18(12-10-17)26-21(29)23-4/h5-12H,13-14H2,1-4H3,(H,24,28)(H,25,27)(H2,23,26,29). The molecule has 4 N–H and O–H groups in total. The topological polar surface area (TPSA) is 99.3 Å². The molecule has 0 saturated heterocycles. The highest BCUT2D eigenvalue weighted by atomic mass is 16.2. The molecule has 2 aromatic rings. The van der Waals surface area contributed by atoms with Crippen molar-refractivity contribution >= 4 is 29.2 Å². The van der Waals surface area contributed by atoms with Crippen molar-refractivity contribution in [3.63, 3.8) is 0 Å². The molecule has 0 unspecified atom stereocenters. The number of carbonyl (C=O) groups is 3. The van der Waals surface area contributed by atoms with Crippen LogP contribution in [0.5, 0.6) is 0 Å². The van der Waals surface area contributed by atoms with Gasteiger partial charge < -0.3 is 21.3 Å². The fraction of sp³-hybridized carbons (Fsp3) is 0.318. The van der Waals surface area contributed by atoms with E-state index in [0.717, 1.165) is 5.56 Å². The van der Waals surface area contributed by atoms with Gasteiger partial charge in [-0.3, -0.25) is 9.59 Å². The lowest BCUT2D eigenvalue weighted by Crippen LogP contribution is -2.27. The zero-order valence-corrected chi connectivity index (χ0v) is 17.3. The first-order valence-corrected chi connectivity index (χ1v) is 9.46. The molecule has 0 aliphatic rings. The van der Waals surface area contributed by atoms with Gasteiger partial charge in [-0.05, 0) is 47.4 Å². The third-order valence-electron chi connectivity index (χ3n) is 4.30. The van der Waals surface area contributed by atoms with Gasteiger partial charge in [-0.2, -0.15) is 0 Å². The summed E-state index contributed by atoms with van der Waals surface area (Å²) < 4.78 is 0. The summed E-state index contributed by atoms with van der Waals surface area (Å²) in [5.74, 6) is -0.414. The summed E-state index contributed by atoms with van der Waals surface area (Å²) in [4.78, 5) is 35.5. The lowest BCUT2D eigenvalue weighted by molar-refractivity contribution is -0.116. The first-order chi connectivity index (χ1) is 13.7. The van der Waals surface area contributed by atoms with E-state index >= 15 is 0 Å². The molecule has 0 radical (unpaired) electrons. The molecule has 0 heterocycles. The van der Waals surface area contributed by atoms with Crippen molar-refractivity contribution in [2.45, 2.75) is 32.6 Å². The Morgan fingerprint density at radius 1 is 0.828 bits per heavy atom. The molecule has 154 valence electrons. The fourth-order valence-corrected chi connectivity index (χ4v) is 2.57. The fourth-order valence-electron chi connectivity index (χ4n) is 2.57. The Labute approximate surface area is 171 Å². The van der Waals surface area contributed by atoms with Gasteiger partial charge >= 0.3 is 6.03 Å². The van der Waals surface area contributed by atoms with Crippen LogP contribution < -0.4 is 21.3 Å². The van der Waals surface area contributed by atoms with Crippen LogP contribution in [0.1, 0.15) is 43.1 Å². The van der Waals surface area contributed by atoms with E-state index in [1.807, 2.05) is 12.1 Å². The third kappa shape index (κ3) is 6.95. The zero-order valence-electron chi connectivity index (χ0n) is 17.3. The number of hydrogen-bond donors (Lipinski definition) is 4. The minimum atomic E-state index is -0.314. The lowest BCUT2D eigenvalue weighted by Gasteiger charge is -2.19. The summed E-state index contributed by atoms with van der Waals surface area (Å²) >= 11 is 0. The number of anilines is 2. The number of hydrogen-bond acceptors (Lipinski definition) is 3. The van der Waals surface area contributed by atoms with Crippen molar-refractivity contribution in [3.05, 3.63) is 59.7 Å². The van der Waals surface area contributed by atoms with Crippen molar-refractivity contribution < 1.29 is 14.4 Å². The van der Waals surface area contributed by atoms with E-state index in [1.54, 1.807) is 36.4 Å². The highest BCUT2D eigenvalue weighted by Crippen LogP contribution is 2.22. The summed E-state index contributed by atoms with van der Waals surface area (Å²) in [5.41, 5.74) is 2.99. The highest BCUT2D eigenvalue weighted by Gasteiger charge is 2.14. The average Bonchev–Trinajstić information content (AvgIpc) is 2.68. The maximum Gasteiger partial charge on any atom is 0.318 e. The number of carbonyl (C=O) groups excluding carboxylic acids is 3. The van der Waals surface area contributed by atoms with Crippen molar-refractivity contribution in [2.75, 3.05) is 24.2 Å². The largest absolute Gasteiger partial charge is 0.352 e. The molecule has 0 saturated carbocycles. The molecule has 7 nitrogen and oxygen atoms in total. The van der Waals surface area contributed by atoms with Crippen LogP contribution in [0, 0.1) is 0 Å². The van der Waals surface area contributed by atoms with E-state index in [1.165, 1.54) is 7.05 Å². The van der Waals surface area contributed by atoms with E-state index in [-0.39, 0.29) is 36.2 Å². The zero-order chi connectivity index (χ0) is 21.4. The summed E-state index contributed by atoms with van der Waals surface area (Å²) in [6.45, 7) is 6.59. The second-order valence-electron chi connectivity index (χ2n) is 7.66. The van der Waals surface area contributed by atoms with Gasteiger partial charge in [-0.1, -0.05) is 32.9 Å². The minimum Gasteiger partial charge on any atom is -0.352 e. The van der Waals surface area contributed by atoms with Crippen LogP contribution in [0.4, 0.5) is 16.2 Å². The maximum atomic E-state index is 12.2. The predicted octanol–water partition coefficient (Wildman–Crippen LogP) is 3.49. The second kappa shape index (κ2) is 9.73. The van der Waals surface area contributed by atoms with E-state index in [4.69, 9.17) is 0 Å². The van der Waals surface area contributed by atoms with Crippen molar-refractivity contribution in [1.29, 1.82) is 0 Å². The van der Waals surface area contributed by atoms with Gasteiger partial charge in [0.2, 0.25) is 5.91 Å². The molecule has 2 aromatic carbocycles. The van der Waals surface area contributed by atoms with Crippen LogP contribution in [0.15, 0.2) is 48.5 Å². The summed E-state index contributed by atoms with van der Waals surface area (Å²) in [6, 6.07) is 13.9. The predicted molar refractivity (Wildman–Crippen MR) is 115 cm³/mol. The van der Waals surface area contributed by atoms with Gasteiger partial charge in [0, 0.05) is 37.0 Å². The van der Waals surface area contributed by atoms with E-state index in [0.29, 0.717) is 16.9 Å². The molecule has 0 spiro atoms. The SMILES string of the molecule is CNC(=O)Nc1ccc(NC(=O)CCNC(=O)c2ccc(C(C)(C)C)cc2)cc1. The summed E-state index contributed by atoms with van der Waals surface area (Å²) in [5, 5.41) is 10.6. The normalized spacial score (nSPS) is 10.8. The number of amides is 4. The monoisotopic (exact) mass is 396 g/mol. The number of benzene rings is 2. The Bertz CT molecular complexity index is 853. The molecule has 0 fully saturated rings. The Hall–Kier alpha value is -3.35. The Morgan fingerprint density at radius 3 is 1.90 bits per heavy atom. The van der Waals surface area contributed by atoms with Crippen LogP contribution in [0.2, 0.25) is 0 Å². The van der Waals surface area contributed by atoms with Gasteiger partial charge in [0.1, 0.15) is 0 Å². The number of rotatable bonds is 6. The van der Waals surface area contributed by atoms with E-state index in [9.17, 15) is 14.4 Å². The minimum absolute atomic E-state index is 0.0315. The van der Waals surface area contributed by atoms with Gasteiger partial charge in [0.25, 0.3) is 5.91 Å². The molecule has 0 atom stereocenters. The first-order valence-electron chi connectivity index (χ1n) is 9.46. The lowest BCUT2D eigenvalue weighted by atomic mass is 9.87. The van der Waals surface area contributed by atoms with Crippen LogP contribution in [-0.4, -0.2) is 31.4 Å². The van der Waals surface area contributed by atoms with Crippen LogP contribution >= 0.6 is 0 Å². The van der Waals surface area contributed by atoms with Crippen LogP contribution in [0.25, 0.3) is 0 Å². The van der Waals surface area contributed by atoms with Gasteiger partial charge in [0.05, 0.1) is 0 Å². The molecule has 0 bridgehead atoms. The second-order valence-corrected chi connectivity index (χ2v) is 7.66. The van der Waals surface area contributed by atoms with Crippen LogP contribution in [-0.2, 0) is 10.2 Å². The third-order valence-corrected chi connectivity index (χ3v) is 4.30. The first kappa shape index (κ1) is 21.9. The maximum absolute atomic E-state index is 12.2. The molecule has 2 rings (SSSR count). The molecule has 0 aliphatic heterocycles. The van der Waals surface area contributed by atoms with Gasteiger partial charge in [-0.15, -0.1) is 0 Å². The number of nitrogens with one attached hydrogen (secondary N) is 4. The summed E-state index contributed by atoms with van der Waals surface area (Å²) in [6.07, 6.45) is 0.157. The molecule has 4 amide bonds. The van der Waals surface area contributed by atoms with Gasteiger partial charge in [-0.25, -0.2) is 4.79 Å². The van der Waals surface area contributed by atoms with Crippen molar-refractivity contribution in [2.24, 2.45) is 0 Å². The molecule has 0 aliphatic carbocycles. The van der Waals surface area contributed by atoms with Crippen molar-refractivity contribution in [3.8, 4) is 0 Å². The molecule has 0 aromatic heterocycles. The molecule has 7 heteroatoms.